The first-order chi connectivity index (χ1) is 11.6. The number of hydrogen-bond acceptors (Lipinski definition) is 6. The van der Waals surface area contributed by atoms with Gasteiger partial charge in [0.1, 0.15) is 0 Å². The fourth-order valence-electron chi connectivity index (χ4n) is 2.54. The highest BCUT2D eigenvalue weighted by Crippen LogP contribution is 2.33. The molecule has 6 nitrogen and oxygen atoms in total. The second kappa shape index (κ2) is 5.49. The number of rotatable bonds is 3. The number of hydrogen-bond donors (Lipinski definition) is 0. The Balaban J connectivity index is 1.90. The van der Waals surface area contributed by atoms with Gasteiger partial charge in [0, 0.05) is 37.5 Å². The highest BCUT2D eigenvalue weighted by atomic mass is 16.4. The van der Waals surface area contributed by atoms with Gasteiger partial charge in [-0.3, -0.25) is 0 Å². The van der Waals surface area contributed by atoms with Crippen LogP contribution in [-0.2, 0) is 0 Å². The van der Waals surface area contributed by atoms with Gasteiger partial charge in [-0.05, 0) is 18.2 Å². The highest BCUT2D eigenvalue weighted by molar-refractivity contribution is 5.76. The third-order valence-corrected chi connectivity index (χ3v) is 3.65. The maximum atomic E-state index is 5.66. The zero-order valence-electron chi connectivity index (χ0n) is 13.5. The maximum Gasteiger partial charge on any atom is 0.191 e. The predicted octanol–water partition coefficient (Wildman–Crippen LogP) is 4.58. The highest BCUT2D eigenvalue weighted by Gasteiger charge is 2.14. The van der Waals surface area contributed by atoms with Crippen LogP contribution in [0.15, 0.2) is 50.0 Å². The average molecular weight is 321 g/mol. The molecule has 0 N–H and O–H groups in total. The lowest BCUT2D eigenvalue weighted by Gasteiger charge is -2.05. The van der Waals surface area contributed by atoms with Crippen LogP contribution in [0.5, 0.6) is 0 Å². The van der Waals surface area contributed by atoms with Crippen molar-refractivity contribution in [3.05, 3.63) is 54.5 Å². The van der Waals surface area contributed by atoms with E-state index in [0.717, 1.165) is 16.7 Å². The van der Waals surface area contributed by atoms with Gasteiger partial charge in [0.05, 0.1) is 18.6 Å². The van der Waals surface area contributed by atoms with Crippen molar-refractivity contribution < 1.29 is 13.3 Å². The fourth-order valence-corrected chi connectivity index (χ4v) is 2.54. The van der Waals surface area contributed by atoms with E-state index in [1.807, 2.05) is 39.0 Å². The molecule has 0 fully saturated rings. The number of nitrogens with zero attached hydrogens (tertiary/aromatic N) is 3. The van der Waals surface area contributed by atoms with Gasteiger partial charge in [0.25, 0.3) is 0 Å². The molecule has 0 spiro atoms. The van der Waals surface area contributed by atoms with Crippen LogP contribution in [-0.4, -0.2) is 15.0 Å². The lowest BCUT2D eigenvalue weighted by atomic mass is 10.0. The fraction of sp³-hybridized carbons (Fsp3) is 0.167. The summed E-state index contributed by atoms with van der Waals surface area (Å²) in [6.07, 6.45) is 5.11. The van der Waals surface area contributed by atoms with E-state index >= 15 is 0 Å². The van der Waals surface area contributed by atoms with Gasteiger partial charge in [0.2, 0.25) is 0 Å². The SMILES string of the molecule is Cc1ncc(-c2cc(-c3cnc(C)o3)cc(-c3cnc(C)o3)c2)o1. The molecule has 0 aliphatic rings. The van der Waals surface area contributed by atoms with Crippen LogP contribution in [0.25, 0.3) is 34.0 Å². The van der Waals surface area contributed by atoms with E-state index in [1.54, 1.807) is 18.6 Å². The summed E-state index contributed by atoms with van der Waals surface area (Å²) in [5.74, 6) is 3.89. The van der Waals surface area contributed by atoms with Crippen molar-refractivity contribution in [3.8, 4) is 34.0 Å². The molecule has 0 aliphatic carbocycles. The molecular weight excluding hydrogens is 306 g/mol. The normalized spacial score (nSPS) is 11.1. The molecule has 0 amide bonds. The molecule has 0 radical (unpaired) electrons. The minimum atomic E-state index is 0.614. The topological polar surface area (TPSA) is 78.1 Å². The minimum Gasteiger partial charge on any atom is -0.441 e. The molecule has 0 atom stereocenters. The number of aryl methyl sites for hydroxylation is 3. The first-order valence-corrected chi connectivity index (χ1v) is 7.52. The van der Waals surface area contributed by atoms with Gasteiger partial charge in [0.15, 0.2) is 35.0 Å². The number of aromatic nitrogens is 3. The molecule has 0 saturated carbocycles. The zero-order valence-corrected chi connectivity index (χ0v) is 13.5. The van der Waals surface area contributed by atoms with E-state index in [-0.39, 0.29) is 0 Å². The Morgan fingerprint density at radius 2 is 0.833 bits per heavy atom. The largest absolute Gasteiger partial charge is 0.441 e. The zero-order chi connectivity index (χ0) is 16.7. The molecule has 0 bridgehead atoms. The van der Waals surface area contributed by atoms with Crippen molar-refractivity contribution in [1.82, 2.24) is 15.0 Å². The van der Waals surface area contributed by atoms with Gasteiger partial charge < -0.3 is 13.3 Å². The van der Waals surface area contributed by atoms with Crippen molar-refractivity contribution >= 4 is 0 Å². The van der Waals surface area contributed by atoms with Gasteiger partial charge in [-0.15, -0.1) is 0 Å². The molecule has 120 valence electrons. The van der Waals surface area contributed by atoms with Crippen LogP contribution >= 0.6 is 0 Å². The Morgan fingerprint density at radius 1 is 0.542 bits per heavy atom. The van der Waals surface area contributed by atoms with Crippen LogP contribution in [0.2, 0.25) is 0 Å². The van der Waals surface area contributed by atoms with Crippen LogP contribution in [0, 0.1) is 20.8 Å². The Morgan fingerprint density at radius 3 is 1.04 bits per heavy atom. The van der Waals surface area contributed by atoms with Crippen LogP contribution in [0.1, 0.15) is 17.7 Å². The van der Waals surface area contributed by atoms with E-state index in [4.69, 9.17) is 13.3 Å². The van der Waals surface area contributed by atoms with Crippen LogP contribution in [0.3, 0.4) is 0 Å². The van der Waals surface area contributed by atoms with Crippen molar-refractivity contribution in [2.24, 2.45) is 0 Å². The smallest absolute Gasteiger partial charge is 0.191 e. The molecule has 24 heavy (non-hydrogen) atoms. The summed E-state index contributed by atoms with van der Waals surface area (Å²) >= 11 is 0. The summed E-state index contributed by atoms with van der Waals surface area (Å²) in [6.45, 7) is 5.44. The van der Waals surface area contributed by atoms with E-state index in [0.29, 0.717) is 35.0 Å². The van der Waals surface area contributed by atoms with Crippen molar-refractivity contribution in [2.75, 3.05) is 0 Å². The van der Waals surface area contributed by atoms with Gasteiger partial charge in [-0.2, -0.15) is 0 Å². The molecule has 4 rings (SSSR count). The summed E-state index contributed by atoms with van der Waals surface area (Å²) in [4.78, 5) is 12.5. The third-order valence-electron chi connectivity index (χ3n) is 3.65. The Labute approximate surface area is 138 Å². The first kappa shape index (κ1) is 14.4. The molecule has 3 heterocycles. The van der Waals surface area contributed by atoms with E-state index < -0.39 is 0 Å². The monoisotopic (exact) mass is 321 g/mol. The molecule has 0 unspecified atom stereocenters. The number of oxazole rings is 3. The first-order valence-electron chi connectivity index (χ1n) is 7.52. The van der Waals surface area contributed by atoms with Gasteiger partial charge >= 0.3 is 0 Å². The molecule has 0 aliphatic heterocycles. The van der Waals surface area contributed by atoms with E-state index in [2.05, 4.69) is 15.0 Å². The molecule has 4 aromatic rings. The minimum absolute atomic E-state index is 0.614. The molecule has 3 aromatic heterocycles. The van der Waals surface area contributed by atoms with Gasteiger partial charge in [-0.25, -0.2) is 15.0 Å². The third kappa shape index (κ3) is 2.62. The molecule has 6 heteroatoms. The van der Waals surface area contributed by atoms with Crippen LogP contribution in [0.4, 0.5) is 0 Å². The van der Waals surface area contributed by atoms with Crippen molar-refractivity contribution in [3.63, 3.8) is 0 Å². The van der Waals surface area contributed by atoms with Crippen molar-refractivity contribution in [2.45, 2.75) is 20.8 Å². The summed E-state index contributed by atoms with van der Waals surface area (Å²) in [5.41, 5.74) is 2.64. The van der Waals surface area contributed by atoms with E-state index in [9.17, 15) is 0 Å². The summed E-state index contributed by atoms with van der Waals surface area (Å²) in [6, 6.07) is 5.94. The standard InChI is InChI=1S/C18H15N3O3/c1-10-19-7-16(22-10)13-4-14(17-8-20-11(2)23-17)6-15(5-13)18-9-21-12(3)24-18/h4-9H,1-3H3. The molecule has 1 aromatic carbocycles. The quantitative estimate of drug-likeness (QED) is 0.549. The second-order valence-electron chi connectivity index (χ2n) is 5.53. The van der Waals surface area contributed by atoms with Crippen LogP contribution < -0.4 is 0 Å². The Hall–Kier alpha value is -3.15. The Bertz CT molecular complexity index is 869. The lowest BCUT2D eigenvalue weighted by molar-refractivity contribution is 0.531. The summed E-state index contributed by atoms with van der Waals surface area (Å²) in [7, 11) is 0. The Kier molecular flexibility index (Phi) is 3.30. The average Bonchev–Trinajstić information content (AvgIpc) is 3.28. The van der Waals surface area contributed by atoms with Crippen molar-refractivity contribution in [1.29, 1.82) is 0 Å². The second-order valence-corrected chi connectivity index (χ2v) is 5.53. The number of benzene rings is 1. The van der Waals surface area contributed by atoms with E-state index in [1.165, 1.54) is 0 Å². The summed E-state index contributed by atoms with van der Waals surface area (Å²) < 4.78 is 17.0. The lowest BCUT2D eigenvalue weighted by Crippen LogP contribution is -1.83. The maximum absolute atomic E-state index is 5.66. The van der Waals surface area contributed by atoms with Gasteiger partial charge in [-0.1, -0.05) is 0 Å². The predicted molar refractivity (Wildman–Crippen MR) is 87.1 cm³/mol. The summed E-state index contributed by atoms with van der Waals surface area (Å²) in [5, 5.41) is 0. The molecule has 0 saturated heterocycles. The molecular formula is C18H15N3O3.